The van der Waals surface area contributed by atoms with Crippen LogP contribution in [0.5, 0.6) is 5.75 Å². The van der Waals surface area contributed by atoms with Crippen LogP contribution in [0.15, 0.2) is 42.5 Å². The molecule has 0 aliphatic carbocycles. The topological polar surface area (TPSA) is 38.3 Å². The zero-order valence-electron chi connectivity index (χ0n) is 15.2. The lowest BCUT2D eigenvalue weighted by Crippen LogP contribution is -2.39. The van der Waals surface area contributed by atoms with Gasteiger partial charge in [-0.15, -0.1) is 0 Å². The number of carbonyl (C=O) groups excluding carboxylic acids is 1. The lowest BCUT2D eigenvalue weighted by Gasteiger charge is -2.22. The number of hydrogen-bond donors (Lipinski definition) is 1. The van der Waals surface area contributed by atoms with E-state index in [1.165, 1.54) is 11.1 Å². The molecule has 0 aromatic heterocycles. The number of amides is 1. The number of hydrogen-bond acceptors (Lipinski definition) is 2. The largest absolute Gasteiger partial charge is 0.481 e. The lowest BCUT2D eigenvalue weighted by molar-refractivity contribution is -0.128. The predicted octanol–water partition coefficient (Wildman–Crippen LogP) is 4.65. The van der Waals surface area contributed by atoms with Gasteiger partial charge in [-0.2, -0.15) is 0 Å². The fraction of sp³-hybridized carbons (Fsp3) is 0.381. The molecule has 2 aromatic rings. The first-order valence-corrected chi connectivity index (χ1v) is 8.51. The van der Waals surface area contributed by atoms with Crippen LogP contribution in [0.25, 0.3) is 0 Å². The maximum absolute atomic E-state index is 12.6. The fourth-order valence-electron chi connectivity index (χ4n) is 2.79. The monoisotopic (exact) mass is 325 g/mol. The first-order valence-electron chi connectivity index (χ1n) is 8.51. The third kappa shape index (κ3) is 4.60. The van der Waals surface area contributed by atoms with Crippen molar-refractivity contribution in [1.29, 1.82) is 0 Å². The van der Waals surface area contributed by atoms with E-state index >= 15 is 0 Å². The summed E-state index contributed by atoms with van der Waals surface area (Å²) >= 11 is 0. The van der Waals surface area contributed by atoms with E-state index < -0.39 is 6.10 Å². The second-order valence-electron chi connectivity index (χ2n) is 6.42. The van der Waals surface area contributed by atoms with Gasteiger partial charge in [0.1, 0.15) is 5.75 Å². The van der Waals surface area contributed by atoms with Crippen molar-refractivity contribution in [3.05, 3.63) is 64.7 Å². The van der Waals surface area contributed by atoms with E-state index in [0.29, 0.717) is 6.42 Å². The van der Waals surface area contributed by atoms with Gasteiger partial charge in [-0.25, -0.2) is 0 Å². The molecule has 0 radical (unpaired) electrons. The van der Waals surface area contributed by atoms with E-state index in [1.54, 1.807) is 0 Å². The van der Waals surface area contributed by atoms with Crippen LogP contribution in [0.4, 0.5) is 0 Å². The number of rotatable bonds is 6. The Hall–Kier alpha value is -2.29. The van der Waals surface area contributed by atoms with Crippen molar-refractivity contribution in [3.63, 3.8) is 0 Å². The molecule has 0 bridgehead atoms. The summed E-state index contributed by atoms with van der Waals surface area (Å²) in [4.78, 5) is 12.6. The smallest absolute Gasteiger partial charge is 0.261 e. The Morgan fingerprint density at radius 3 is 2.46 bits per heavy atom. The van der Waals surface area contributed by atoms with E-state index in [2.05, 4.69) is 37.4 Å². The van der Waals surface area contributed by atoms with Crippen molar-refractivity contribution in [2.24, 2.45) is 0 Å². The Kier molecular flexibility index (Phi) is 6.02. The summed E-state index contributed by atoms with van der Waals surface area (Å²) < 4.78 is 5.88. The highest BCUT2D eigenvalue weighted by atomic mass is 16.5. The first kappa shape index (κ1) is 18.1. The minimum absolute atomic E-state index is 0.0486. The van der Waals surface area contributed by atoms with Crippen molar-refractivity contribution < 1.29 is 9.53 Å². The van der Waals surface area contributed by atoms with E-state index in [9.17, 15) is 4.79 Å². The highest BCUT2D eigenvalue weighted by Crippen LogP contribution is 2.20. The average Bonchev–Trinajstić information content (AvgIpc) is 2.54. The van der Waals surface area contributed by atoms with Crippen LogP contribution in [-0.2, 0) is 4.79 Å². The summed E-state index contributed by atoms with van der Waals surface area (Å²) in [6.07, 6.45) is 0.138. The molecule has 3 heteroatoms. The van der Waals surface area contributed by atoms with Crippen LogP contribution >= 0.6 is 0 Å². The second kappa shape index (κ2) is 8.00. The summed E-state index contributed by atoms with van der Waals surface area (Å²) in [5, 5.41) is 3.09. The van der Waals surface area contributed by atoms with E-state index in [-0.39, 0.29) is 11.9 Å². The highest BCUT2D eigenvalue weighted by Gasteiger charge is 2.21. The van der Waals surface area contributed by atoms with Crippen molar-refractivity contribution >= 4 is 5.91 Å². The van der Waals surface area contributed by atoms with Gasteiger partial charge in [0.15, 0.2) is 6.10 Å². The van der Waals surface area contributed by atoms with Gasteiger partial charge in [-0.1, -0.05) is 42.8 Å². The first-order chi connectivity index (χ1) is 11.4. The van der Waals surface area contributed by atoms with Gasteiger partial charge in [0, 0.05) is 0 Å². The zero-order valence-corrected chi connectivity index (χ0v) is 15.2. The summed E-state index contributed by atoms with van der Waals surface area (Å²) in [7, 11) is 0. The third-order valence-electron chi connectivity index (χ3n) is 4.19. The maximum atomic E-state index is 12.6. The minimum atomic E-state index is -0.487. The molecule has 0 unspecified atom stereocenters. The maximum Gasteiger partial charge on any atom is 0.261 e. The number of aryl methyl sites for hydroxylation is 3. The number of nitrogens with one attached hydrogen (secondary N) is 1. The molecule has 128 valence electrons. The molecule has 0 saturated heterocycles. The Balaban J connectivity index is 2.07. The van der Waals surface area contributed by atoms with Crippen LogP contribution in [-0.4, -0.2) is 12.0 Å². The molecule has 2 aromatic carbocycles. The normalized spacial score (nSPS) is 13.2. The van der Waals surface area contributed by atoms with Crippen molar-refractivity contribution in [3.8, 4) is 5.75 Å². The summed E-state index contributed by atoms with van der Waals surface area (Å²) in [5.74, 6) is 0.656. The van der Waals surface area contributed by atoms with E-state index in [0.717, 1.165) is 16.9 Å². The second-order valence-corrected chi connectivity index (χ2v) is 6.42. The van der Waals surface area contributed by atoms with Gasteiger partial charge in [0.05, 0.1) is 6.04 Å². The molecule has 0 saturated carbocycles. The molecule has 2 atom stereocenters. The van der Waals surface area contributed by atoms with E-state index in [4.69, 9.17) is 4.74 Å². The molecular formula is C21H27NO2. The Labute approximate surface area is 145 Å². The minimum Gasteiger partial charge on any atom is -0.481 e. The molecular weight excluding hydrogens is 298 g/mol. The zero-order chi connectivity index (χ0) is 17.7. The third-order valence-corrected chi connectivity index (χ3v) is 4.19. The van der Waals surface area contributed by atoms with Crippen molar-refractivity contribution in [1.82, 2.24) is 5.32 Å². The van der Waals surface area contributed by atoms with Crippen LogP contribution in [0.2, 0.25) is 0 Å². The average molecular weight is 325 g/mol. The molecule has 0 aliphatic rings. The van der Waals surface area contributed by atoms with Crippen LogP contribution in [0.3, 0.4) is 0 Å². The quantitative estimate of drug-likeness (QED) is 0.840. The molecule has 0 fully saturated rings. The molecule has 0 aliphatic heterocycles. The molecule has 0 heterocycles. The van der Waals surface area contributed by atoms with Gasteiger partial charge in [-0.05, 0) is 62.9 Å². The highest BCUT2D eigenvalue weighted by molar-refractivity contribution is 5.81. The van der Waals surface area contributed by atoms with Gasteiger partial charge < -0.3 is 10.1 Å². The number of benzene rings is 2. The standard InChI is InChI=1S/C21H27NO2/c1-6-20(24-18-9-7-8-14(2)12-18)21(23)22-17(5)19-13-15(3)10-11-16(19)4/h7-13,17,20H,6H2,1-5H3,(H,22,23)/t17-,20+/m0/s1. The summed E-state index contributed by atoms with van der Waals surface area (Å²) in [6.45, 7) is 10.1. The van der Waals surface area contributed by atoms with Crippen LogP contribution in [0.1, 0.15) is 48.6 Å². The molecule has 1 amide bonds. The van der Waals surface area contributed by atoms with Crippen molar-refractivity contribution in [2.75, 3.05) is 0 Å². The molecule has 24 heavy (non-hydrogen) atoms. The van der Waals surface area contributed by atoms with E-state index in [1.807, 2.05) is 45.0 Å². The molecule has 1 N–H and O–H groups in total. The predicted molar refractivity (Wildman–Crippen MR) is 98.4 cm³/mol. The molecule has 2 rings (SSSR count). The number of carbonyl (C=O) groups is 1. The van der Waals surface area contributed by atoms with Gasteiger partial charge in [0.25, 0.3) is 5.91 Å². The van der Waals surface area contributed by atoms with Gasteiger partial charge in [0.2, 0.25) is 0 Å². The lowest BCUT2D eigenvalue weighted by atomic mass is 10.00. The number of ether oxygens (including phenoxy) is 1. The van der Waals surface area contributed by atoms with Gasteiger partial charge >= 0.3 is 0 Å². The summed E-state index contributed by atoms with van der Waals surface area (Å²) in [5.41, 5.74) is 4.64. The summed E-state index contributed by atoms with van der Waals surface area (Å²) in [6, 6.07) is 14.0. The van der Waals surface area contributed by atoms with Crippen molar-refractivity contribution in [2.45, 2.75) is 53.2 Å². The van der Waals surface area contributed by atoms with Gasteiger partial charge in [-0.3, -0.25) is 4.79 Å². The van der Waals surface area contributed by atoms with Crippen LogP contribution < -0.4 is 10.1 Å². The Bertz CT molecular complexity index is 709. The Morgan fingerprint density at radius 2 is 1.79 bits per heavy atom. The molecule has 3 nitrogen and oxygen atoms in total. The SMILES string of the molecule is CC[C@@H](Oc1cccc(C)c1)C(=O)N[C@@H](C)c1cc(C)ccc1C. The van der Waals surface area contributed by atoms with Crippen LogP contribution in [0, 0.1) is 20.8 Å². The fourth-order valence-corrected chi connectivity index (χ4v) is 2.79. The molecule has 0 spiro atoms. The Morgan fingerprint density at radius 1 is 1.08 bits per heavy atom.